The Bertz CT molecular complexity index is 1170. The molecule has 1 fully saturated rings. The second-order valence-electron chi connectivity index (χ2n) is 8.62. The number of fused-ring (bicyclic) bond motifs is 1. The fraction of sp³-hybridized carbons (Fsp3) is 0.565. The summed E-state index contributed by atoms with van der Waals surface area (Å²) in [6.07, 6.45) is 0.815. The number of anilines is 1. The van der Waals surface area contributed by atoms with Gasteiger partial charge in [0.15, 0.2) is 33.8 Å². The van der Waals surface area contributed by atoms with E-state index in [-0.39, 0.29) is 31.8 Å². The van der Waals surface area contributed by atoms with Gasteiger partial charge in [-0.2, -0.15) is 0 Å². The molecule has 0 amide bonds. The van der Waals surface area contributed by atoms with Gasteiger partial charge in [0.05, 0.1) is 32.0 Å². The molecule has 0 radical (unpaired) electrons. The predicted octanol–water partition coefficient (Wildman–Crippen LogP) is 2.26. The van der Waals surface area contributed by atoms with E-state index in [0.717, 1.165) is 24.7 Å². The normalized spacial score (nSPS) is 18.9. The van der Waals surface area contributed by atoms with Crippen molar-refractivity contribution in [2.75, 3.05) is 37.5 Å². The van der Waals surface area contributed by atoms with Crippen molar-refractivity contribution in [1.82, 2.24) is 25.0 Å². The highest BCUT2D eigenvalue weighted by molar-refractivity contribution is 7.99. The zero-order valence-corrected chi connectivity index (χ0v) is 20.7. The first-order valence-corrected chi connectivity index (χ1v) is 12.9. The van der Waals surface area contributed by atoms with Crippen LogP contribution in [0.2, 0.25) is 0 Å². The smallest absolute Gasteiger partial charge is 0.191 e. The number of aliphatic hydroxyl groups is 3. The summed E-state index contributed by atoms with van der Waals surface area (Å²) in [5.74, 6) is -0.490. The Hall–Kier alpha value is -2.45. The minimum absolute atomic E-state index is 0.000428. The maximum absolute atomic E-state index is 13.7. The number of nitrogens with one attached hydrogen (secondary N) is 1. The number of benzene rings is 1. The van der Waals surface area contributed by atoms with Crippen LogP contribution in [0.25, 0.3) is 11.2 Å². The zero-order valence-electron chi connectivity index (χ0n) is 19.8. The van der Waals surface area contributed by atoms with Crippen LogP contribution in [0.5, 0.6) is 0 Å². The molecule has 4 atom stereocenters. The minimum atomic E-state index is -1.13. The molecule has 0 unspecified atom stereocenters. The number of nitrogens with zero attached hydrogens (tertiary/aromatic N) is 5. The van der Waals surface area contributed by atoms with Gasteiger partial charge < -0.3 is 25.4 Å². The maximum Gasteiger partial charge on any atom is 0.191 e. The lowest BCUT2D eigenvalue weighted by atomic mass is 10.1. The summed E-state index contributed by atoms with van der Waals surface area (Å²) < 4.78 is 33.9. The van der Waals surface area contributed by atoms with E-state index >= 15 is 0 Å². The molecule has 1 aliphatic carbocycles. The molecule has 1 saturated carbocycles. The molecule has 1 aliphatic rings. The van der Waals surface area contributed by atoms with Crippen LogP contribution in [-0.2, 0) is 4.74 Å². The van der Waals surface area contributed by atoms with Crippen molar-refractivity contribution >= 4 is 28.7 Å². The Morgan fingerprint density at radius 1 is 1.22 bits per heavy atom. The monoisotopic (exact) mass is 524 g/mol. The average Bonchev–Trinajstić information content (AvgIpc) is 3.52. The average molecular weight is 525 g/mol. The van der Waals surface area contributed by atoms with Gasteiger partial charge in [-0.25, -0.2) is 23.4 Å². The molecule has 4 N–H and O–H groups in total. The molecule has 1 aromatic carbocycles. The molecule has 0 saturated heterocycles. The molecule has 0 aliphatic heterocycles. The van der Waals surface area contributed by atoms with Gasteiger partial charge in [-0.05, 0) is 37.0 Å². The van der Waals surface area contributed by atoms with Crippen LogP contribution >= 0.6 is 11.8 Å². The van der Waals surface area contributed by atoms with E-state index in [0.29, 0.717) is 34.1 Å². The van der Waals surface area contributed by atoms with Crippen molar-refractivity contribution in [2.24, 2.45) is 0 Å². The second-order valence-corrected chi connectivity index (χ2v) is 9.68. The van der Waals surface area contributed by atoms with Crippen molar-refractivity contribution < 1.29 is 28.8 Å². The van der Waals surface area contributed by atoms with Gasteiger partial charge in [0.2, 0.25) is 0 Å². The van der Waals surface area contributed by atoms with Gasteiger partial charge in [-0.3, -0.25) is 0 Å². The van der Waals surface area contributed by atoms with Gasteiger partial charge >= 0.3 is 0 Å². The number of aliphatic hydroxyl groups excluding tert-OH is 3. The molecule has 0 spiro atoms. The van der Waals surface area contributed by atoms with Gasteiger partial charge in [-0.1, -0.05) is 30.0 Å². The number of halogens is 2. The van der Waals surface area contributed by atoms with E-state index in [9.17, 15) is 19.0 Å². The fourth-order valence-electron chi connectivity index (χ4n) is 4.00. The Morgan fingerprint density at radius 3 is 2.78 bits per heavy atom. The lowest BCUT2D eigenvalue weighted by molar-refractivity contribution is 0.0237. The molecule has 4 rings (SSSR count). The van der Waals surface area contributed by atoms with Crippen molar-refractivity contribution in [2.45, 2.75) is 55.4 Å². The van der Waals surface area contributed by atoms with E-state index in [2.05, 4.69) is 25.6 Å². The van der Waals surface area contributed by atoms with Gasteiger partial charge in [0.25, 0.3) is 0 Å². The van der Waals surface area contributed by atoms with Crippen molar-refractivity contribution in [3.05, 3.63) is 35.4 Å². The lowest BCUT2D eigenvalue weighted by Crippen LogP contribution is -2.29. The molecule has 2 aromatic heterocycles. The fourth-order valence-corrected chi connectivity index (χ4v) is 4.70. The zero-order chi connectivity index (χ0) is 25.7. The number of thioether (sulfide) groups is 1. The molecular weight excluding hydrogens is 494 g/mol. The molecule has 3 aromatic rings. The van der Waals surface area contributed by atoms with E-state index in [1.165, 1.54) is 22.5 Å². The first kappa shape index (κ1) is 26.6. The summed E-state index contributed by atoms with van der Waals surface area (Å²) in [7, 11) is 0. The Morgan fingerprint density at radius 2 is 2.06 bits per heavy atom. The largest absolute Gasteiger partial charge is 0.394 e. The number of hydrogen-bond acceptors (Lipinski definition) is 10. The van der Waals surface area contributed by atoms with Crippen molar-refractivity contribution in [1.29, 1.82) is 0 Å². The molecular formula is C23H30F2N6O4S. The third-order valence-electron chi connectivity index (χ3n) is 5.96. The summed E-state index contributed by atoms with van der Waals surface area (Å²) in [6, 6.07) is 3.22. The van der Waals surface area contributed by atoms with E-state index in [1.807, 2.05) is 6.92 Å². The predicted molar refractivity (Wildman–Crippen MR) is 130 cm³/mol. The Kier molecular flexibility index (Phi) is 9.01. The Labute approximate surface area is 211 Å². The molecule has 196 valence electrons. The summed E-state index contributed by atoms with van der Waals surface area (Å²) in [5.41, 5.74) is 1.50. The third-order valence-corrected chi connectivity index (χ3v) is 7.01. The summed E-state index contributed by atoms with van der Waals surface area (Å²) in [5, 5.41) is 41.4. The van der Waals surface area contributed by atoms with Crippen LogP contribution in [0, 0.1) is 11.6 Å². The number of rotatable bonds is 14. The van der Waals surface area contributed by atoms with Gasteiger partial charge in [0, 0.05) is 24.3 Å². The summed E-state index contributed by atoms with van der Waals surface area (Å²) in [6.45, 7) is 1.83. The first-order valence-electron chi connectivity index (χ1n) is 11.9. The molecule has 10 nitrogen and oxygen atoms in total. The maximum atomic E-state index is 13.7. The van der Waals surface area contributed by atoms with E-state index in [1.54, 1.807) is 6.07 Å². The SMILES string of the molecule is CCCSc1nc(N[C@@H]2C[C@H]2c2ccc(F)c(F)c2)c2nnn([C@H](CCOCCO)[C@H](O)CO)c2n1. The Balaban J connectivity index is 1.62. The van der Waals surface area contributed by atoms with Crippen LogP contribution in [0.15, 0.2) is 23.4 Å². The second kappa shape index (κ2) is 12.2. The van der Waals surface area contributed by atoms with E-state index < -0.39 is 30.4 Å². The topological polar surface area (TPSA) is 138 Å². The highest BCUT2D eigenvalue weighted by Gasteiger charge is 2.40. The van der Waals surface area contributed by atoms with Crippen molar-refractivity contribution in [3.63, 3.8) is 0 Å². The molecule has 0 bridgehead atoms. The first-order chi connectivity index (χ1) is 17.5. The lowest BCUT2D eigenvalue weighted by Gasteiger charge is -2.21. The number of ether oxygens (including phenoxy) is 1. The molecule has 36 heavy (non-hydrogen) atoms. The molecule has 13 heteroatoms. The van der Waals surface area contributed by atoms with Crippen LogP contribution in [0.1, 0.15) is 43.7 Å². The highest BCUT2D eigenvalue weighted by Crippen LogP contribution is 2.43. The van der Waals surface area contributed by atoms with Gasteiger partial charge in [-0.15, -0.1) is 5.10 Å². The minimum Gasteiger partial charge on any atom is -0.394 e. The molecule has 2 heterocycles. The summed E-state index contributed by atoms with van der Waals surface area (Å²) in [4.78, 5) is 9.26. The van der Waals surface area contributed by atoms with Crippen LogP contribution in [0.3, 0.4) is 0 Å². The standard InChI is InChI=1S/C23H30F2N6O4S/c1-2-9-36-23-27-21(26-17-11-14(17)13-3-4-15(24)16(25)10-13)20-22(28-23)31(30-29-20)18(19(34)12-33)5-7-35-8-6-32/h3-4,10,14,17-19,32-34H,2,5-9,11-12H2,1H3,(H,26,27,28)/t14-,17+,18+,19+/m0/s1. The van der Waals surface area contributed by atoms with Crippen LogP contribution < -0.4 is 5.32 Å². The third kappa shape index (κ3) is 6.09. The quantitative estimate of drug-likeness (QED) is 0.141. The highest BCUT2D eigenvalue weighted by atomic mass is 32.2. The van der Waals surface area contributed by atoms with Crippen molar-refractivity contribution in [3.8, 4) is 0 Å². The van der Waals surface area contributed by atoms with Crippen LogP contribution in [0.4, 0.5) is 14.6 Å². The van der Waals surface area contributed by atoms with Crippen LogP contribution in [-0.4, -0.2) is 84.6 Å². The van der Waals surface area contributed by atoms with Gasteiger partial charge in [0.1, 0.15) is 0 Å². The number of hydrogen-bond donors (Lipinski definition) is 4. The summed E-state index contributed by atoms with van der Waals surface area (Å²) >= 11 is 1.47. The number of aromatic nitrogens is 5. The van der Waals surface area contributed by atoms with E-state index in [4.69, 9.17) is 9.84 Å².